The number of oxazole rings is 1. The minimum absolute atomic E-state index is 0.173. The quantitative estimate of drug-likeness (QED) is 0.731. The van der Waals surface area contributed by atoms with Crippen molar-refractivity contribution in [2.45, 2.75) is 6.54 Å². The minimum Gasteiger partial charge on any atom is -0.439 e. The molecule has 0 aliphatic heterocycles. The maximum absolute atomic E-state index is 11.7. The number of nitrogens with one attached hydrogen (secondary N) is 1. The van der Waals surface area contributed by atoms with E-state index in [1.807, 2.05) is 47.8 Å². The summed E-state index contributed by atoms with van der Waals surface area (Å²) in [4.78, 5) is 16.9. The number of carbonyl (C=O) groups excluding carboxylic acids is 1. The number of hydrogen-bond acceptors (Lipinski definition) is 4. The Hall–Kier alpha value is -2.66. The van der Waals surface area contributed by atoms with Crippen LogP contribution in [-0.2, 0) is 11.3 Å². The van der Waals surface area contributed by atoms with Crippen LogP contribution in [0.1, 0.15) is 10.8 Å². The highest BCUT2D eigenvalue weighted by molar-refractivity contribution is 7.10. The van der Waals surface area contributed by atoms with Crippen molar-refractivity contribution in [3.8, 4) is 11.3 Å². The Balaban J connectivity index is 1.56. The Morgan fingerprint density at radius 2 is 2.09 bits per heavy atom. The topological polar surface area (TPSA) is 55.1 Å². The zero-order valence-corrected chi connectivity index (χ0v) is 12.5. The van der Waals surface area contributed by atoms with E-state index in [1.165, 1.54) is 6.08 Å². The first-order chi connectivity index (χ1) is 10.8. The lowest BCUT2D eigenvalue weighted by Gasteiger charge is -1.98. The Morgan fingerprint density at radius 1 is 1.23 bits per heavy atom. The molecule has 3 aromatic rings. The van der Waals surface area contributed by atoms with E-state index in [0.717, 1.165) is 10.4 Å². The molecular weight excluding hydrogens is 296 g/mol. The summed E-state index contributed by atoms with van der Waals surface area (Å²) in [7, 11) is 0. The minimum atomic E-state index is -0.173. The number of thiophene rings is 1. The van der Waals surface area contributed by atoms with E-state index in [2.05, 4.69) is 10.3 Å². The van der Waals surface area contributed by atoms with Crippen molar-refractivity contribution in [3.63, 3.8) is 0 Å². The second-order valence-electron chi connectivity index (χ2n) is 4.55. The molecule has 0 atom stereocenters. The molecule has 22 heavy (non-hydrogen) atoms. The molecule has 4 nitrogen and oxygen atoms in total. The fraction of sp³-hybridized carbons (Fsp3) is 0.0588. The average Bonchev–Trinajstić information content (AvgIpc) is 3.23. The van der Waals surface area contributed by atoms with Gasteiger partial charge in [-0.2, -0.15) is 0 Å². The predicted octanol–water partition coefficient (Wildman–Crippen LogP) is 3.73. The van der Waals surface area contributed by atoms with Crippen LogP contribution in [0, 0.1) is 0 Å². The lowest BCUT2D eigenvalue weighted by Crippen LogP contribution is -2.20. The van der Waals surface area contributed by atoms with Gasteiger partial charge in [0, 0.05) is 16.5 Å². The third kappa shape index (κ3) is 3.71. The number of hydrogen-bond donors (Lipinski definition) is 1. The molecule has 0 saturated heterocycles. The summed E-state index contributed by atoms with van der Waals surface area (Å²) in [5.74, 6) is 1.00. The van der Waals surface area contributed by atoms with E-state index in [0.29, 0.717) is 11.7 Å². The van der Waals surface area contributed by atoms with Crippen LogP contribution in [0.4, 0.5) is 0 Å². The number of aromatic nitrogens is 1. The predicted molar refractivity (Wildman–Crippen MR) is 87.1 cm³/mol. The highest BCUT2D eigenvalue weighted by atomic mass is 32.1. The zero-order chi connectivity index (χ0) is 15.2. The number of benzene rings is 1. The molecule has 2 heterocycles. The van der Waals surface area contributed by atoms with Crippen molar-refractivity contribution in [1.82, 2.24) is 10.3 Å². The summed E-state index contributed by atoms with van der Waals surface area (Å²) in [5, 5.41) is 4.72. The second kappa shape index (κ2) is 6.87. The van der Waals surface area contributed by atoms with E-state index in [4.69, 9.17) is 4.42 Å². The molecule has 5 heteroatoms. The van der Waals surface area contributed by atoms with Crippen LogP contribution in [-0.4, -0.2) is 10.9 Å². The largest absolute Gasteiger partial charge is 0.439 e. The summed E-state index contributed by atoms with van der Waals surface area (Å²) >= 11 is 1.58. The second-order valence-corrected chi connectivity index (χ2v) is 5.53. The van der Waals surface area contributed by atoms with Gasteiger partial charge in [-0.15, -0.1) is 11.3 Å². The standard InChI is InChI=1S/C17H14N2O2S/c20-16(9-8-14-7-4-10-22-14)18-12-17-19-11-15(21-17)13-5-2-1-3-6-13/h1-11H,12H2,(H,18,20). The van der Waals surface area contributed by atoms with Gasteiger partial charge in [-0.05, 0) is 17.5 Å². The maximum atomic E-state index is 11.7. The molecule has 110 valence electrons. The molecule has 0 unspecified atom stereocenters. The van der Waals surface area contributed by atoms with E-state index < -0.39 is 0 Å². The van der Waals surface area contributed by atoms with Gasteiger partial charge in [0.2, 0.25) is 11.8 Å². The first-order valence-electron chi connectivity index (χ1n) is 6.81. The van der Waals surface area contributed by atoms with Gasteiger partial charge in [0.1, 0.15) is 0 Å². The van der Waals surface area contributed by atoms with Gasteiger partial charge in [-0.25, -0.2) is 4.98 Å². The van der Waals surface area contributed by atoms with Gasteiger partial charge in [-0.3, -0.25) is 4.79 Å². The molecule has 0 spiro atoms. The maximum Gasteiger partial charge on any atom is 0.244 e. The van der Waals surface area contributed by atoms with Gasteiger partial charge in [-0.1, -0.05) is 36.4 Å². The van der Waals surface area contributed by atoms with Crippen LogP contribution in [0.15, 0.2) is 64.5 Å². The monoisotopic (exact) mass is 310 g/mol. The zero-order valence-electron chi connectivity index (χ0n) is 11.7. The normalized spacial score (nSPS) is 10.9. The first-order valence-corrected chi connectivity index (χ1v) is 7.69. The highest BCUT2D eigenvalue weighted by Crippen LogP contribution is 2.19. The van der Waals surface area contributed by atoms with Crippen LogP contribution in [0.25, 0.3) is 17.4 Å². The van der Waals surface area contributed by atoms with Crippen LogP contribution in [0.5, 0.6) is 0 Å². The Morgan fingerprint density at radius 3 is 2.86 bits per heavy atom. The molecule has 1 amide bonds. The molecule has 0 bridgehead atoms. The Kier molecular flexibility index (Phi) is 4.46. The van der Waals surface area contributed by atoms with Crippen molar-refractivity contribution >= 4 is 23.3 Å². The summed E-state index contributed by atoms with van der Waals surface area (Å²) in [6.45, 7) is 0.264. The fourth-order valence-electron chi connectivity index (χ4n) is 1.89. The van der Waals surface area contributed by atoms with Crippen molar-refractivity contribution in [1.29, 1.82) is 0 Å². The van der Waals surface area contributed by atoms with Gasteiger partial charge in [0.15, 0.2) is 5.76 Å². The van der Waals surface area contributed by atoms with Crippen LogP contribution >= 0.6 is 11.3 Å². The van der Waals surface area contributed by atoms with Gasteiger partial charge >= 0.3 is 0 Å². The molecule has 0 aliphatic rings. The van der Waals surface area contributed by atoms with Crippen LogP contribution < -0.4 is 5.32 Å². The Bertz CT molecular complexity index is 761. The molecule has 0 saturated carbocycles. The van der Waals surface area contributed by atoms with Crippen LogP contribution in [0.2, 0.25) is 0 Å². The summed E-state index contributed by atoms with van der Waals surface area (Å²) in [6.07, 6.45) is 4.95. The lowest BCUT2D eigenvalue weighted by atomic mass is 10.2. The van der Waals surface area contributed by atoms with Crippen molar-refractivity contribution in [2.75, 3.05) is 0 Å². The third-order valence-electron chi connectivity index (χ3n) is 2.97. The smallest absolute Gasteiger partial charge is 0.244 e. The van der Waals surface area contributed by atoms with Gasteiger partial charge in [0.05, 0.1) is 12.7 Å². The van der Waals surface area contributed by atoms with Crippen molar-refractivity contribution in [3.05, 3.63) is 70.9 Å². The average molecular weight is 310 g/mol. The summed E-state index contributed by atoms with van der Waals surface area (Å²) < 4.78 is 5.62. The van der Waals surface area contributed by atoms with E-state index in [9.17, 15) is 4.79 Å². The van der Waals surface area contributed by atoms with Crippen molar-refractivity contribution < 1.29 is 9.21 Å². The number of amides is 1. The molecule has 3 rings (SSSR count). The van der Waals surface area contributed by atoms with Crippen LogP contribution in [0.3, 0.4) is 0 Å². The number of rotatable bonds is 5. The summed E-state index contributed by atoms with van der Waals surface area (Å²) in [6, 6.07) is 13.6. The van der Waals surface area contributed by atoms with E-state index in [-0.39, 0.29) is 12.5 Å². The molecule has 2 aromatic heterocycles. The SMILES string of the molecule is O=C(C=Cc1cccs1)NCc1ncc(-c2ccccc2)o1. The van der Waals surface area contributed by atoms with Crippen molar-refractivity contribution in [2.24, 2.45) is 0 Å². The Labute approximate surface area is 132 Å². The molecule has 0 fully saturated rings. The lowest BCUT2D eigenvalue weighted by molar-refractivity contribution is -0.116. The summed E-state index contributed by atoms with van der Waals surface area (Å²) in [5.41, 5.74) is 0.963. The number of nitrogens with zero attached hydrogens (tertiary/aromatic N) is 1. The third-order valence-corrected chi connectivity index (χ3v) is 3.81. The van der Waals surface area contributed by atoms with Gasteiger partial charge < -0.3 is 9.73 Å². The molecule has 1 aromatic carbocycles. The highest BCUT2D eigenvalue weighted by Gasteiger charge is 2.06. The van der Waals surface area contributed by atoms with E-state index >= 15 is 0 Å². The molecule has 0 aliphatic carbocycles. The van der Waals surface area contributed by atoms with E-state index in [1.54, 1.807) is 23.6 Å². The molecular formula is C17H14N2O2S. The number of carbonyl (C=O) groups is 1. The fourth-order valence-corrected chi connectivity index (χ4v) is 2.51. The molecule has 1 N–H and O–H groups in total. The first kappa shape index (κ1) is 14.3. The van der Waals surface area contributed by atoms with Gasteiger partial charge in [0.25, 0.3) is 0 Å². The molecule has 0 radical (unpaired) electrons.